The Bertz CT molecular complexity index is 904. The van der Waals surface area contributed by atoms with E-state index in [1.807, 2.05) is 61.5 Å². The molecule has 24 heavy (non-hydrogen) atoms. The number of aromatic hydroxyl groups is 1. The number of rotatable bonds is 5. The van der Waals surface area contributed by atoms with E-state index in [1.165, 1.54) is 0 Å². The molecule has 0 bridgehead atoms. The van der Waals surface area contributed by atoms with Gasteiger partial charge in [0, 0.05) is 6.20 Å². The standard InChI is InChI=1S/C20H19NO3/c1-15-10-11-17(24-15)14-21-13-12-19(22)18(20(21)23)9-5-8-16-6-3-2-4-7-16/h2-8,10-13,22H,9,14H2,1H3/b8-5+. The van der Waals surface area contributed by atoms with Crippen LogP contribution in [0.2, 0.25) is 0 Å². The van der Waals surface area contributed by atoms with Crippen molar-refractivity contribution in [3.63, 3.8) is 0 Å². The van der Waals surface area contributed by atoms with Crippen molar-refractivity contribution in [3.05, 3.63) is 93.8 Å². The lowest BCUT2D eigenvalue weighted by Crippen LogP contribution is -2.23. The fourth-order valence-corrected chi connectivity index (χ4v) is 2.54. The highest BCUT2D eigenvalue weighted by atomic mass is 16.3. The van der Waals surface area contributed by atoms with E-state index >= 15 is 0 Å². The maximum absolute atomic E-state index is 12.6. The van der Waals surface area contributed by atoms with Crippen molar-refractivity contribution in [1.82, 2.24) is 4.57 Å². The topological polar surface area (TPSA) is 55.4 Å². The van der Waals surface area contributed by atoms with E-state index in [4.69, 9.17) is 4.42 Å². The summed E-state index contributed by atoms with van der Waals surface area (Å²) in [5.74, 6) is 1.54. The van der Waals surface area contributed by atoms with Crippen molar-refractivity contribution in [1.29, 1.82) is 0 Å². The first-order valence-electron chi connectivity index (χ1n) is 7.81. The summed E-state index contributed by atoms with van der Waals surface area (Å²) >= 11 is 0. The molecule has 0 aliphatic heterocycles. The molecule has 3 aromatic rings. The zero-order valence-corrected chi connectivity index (χ0v) is 13.5. The number of aryl methyl sites for hydroxylation is 1. The Morgan fingerprint density at radius 2 is 1.92 bits per heavy atom. The molecular formula is C20H19NO3. The van der Waals surface area contributed by atoms with Crippen LogP contribution in [0.4, 0.5) is 0 Å². The van der Waals surface area contributed by atoms with Crippen molar-refractivity contribution in [3.8, 4) is 5.75 Å². The van der Waals surface area contributed by atoms with Crippen LogP contribution in [0.3, 0.4) is 0 Å². The molecule has 4 heteroatoms. The van der Waals surface area contributed by atoms with Crippen LogP contribution >= 0.6 is 0 Å². The third-order valence-electron chi connectivity index (χ3n) is 3.79. The summed E-state index contributed by atoms with van der Waals surface area (Å²) in [5, 5.41) is 10.0. The minimum absolute atomic E-state index is 0.0181. The lowest BCUT2D eigenvalue weighted by Gasteiger charge is -2.07. The van der Waals surface area contributed by atoms with Gasteiger partial charge in [0.05, 0.1) is 12.1 Å². The number of pyridine rings is 1. The highest BCUT2D eigenvalue weighted by molar-refractivity contribution is 5.49. The minimum atomic E-state index is -0.207. The molecule has 0 aliphatic carbocycles. The minimum Gasteiger partial charge on any atom is -0.507 e. The summed E-state index contributed by atoms with van der Waals surface area (Å²) in [4.78, 5) is 12.6. The Labute approximate surface area is 140 Å². The summed E-state index contributed by atoms with van der Waals surface area (Å²) in [5.41, 5.74) is 1.23. The molecular weight excluding hydrogens is 302 g/mol. The Morgan fingerprint density at radius 3 is 2.62 bits per heavy atom. The normalized spacial score (nSPS) is 11.2. The fraction of sp³-hybridized carbons (Fsp3) is 0.150. The van der Waals surface area contributed by atoms with E-state index < -0.39 is 0 Å². The number of hydrogen-bond donors (Lipinski definition) is 1. The van der Waals surface area contributed by atoms with Crippen molar-refractivity contribution in [2.45, 2.75) is 19.9 Å². The van der Waals surface area contributed by atoms with Crippen molar-refractivity contribution in [2.75, 3.05) is 0 Å². The summed E-state index contributed by atoms with van der Waals surface area (Å²) in [6.07, 6.45) is 5.77. The van der Waals surface area contributed by atoms with Gasteiger partial charge in [0.25, 0.3) is 5.56 Å². The zero-order chi connectivity index (χ0) is 16.9. The first-order valence-corrected chi connectivity index (χ1v) is 7.81. The van der Waals surface area contributed by atoms with Gasteiger partial charge in [-0.15, -0.1) is 0 Å². The summed E-state index contributed by atoms with van der Waals surface area (Å²) < 4.78 is 7.06. The first-order chi connectivity index (χ1) is 11.6. The van der Waals surface area contributed by atoms with E-state index in [2.05, 4.69) is 0 Å². The van der Waals surface area contributed by atoms with E-state index in [1.54, 1.807) is 16.8 Å². The van der Waals surface area contributed by atoms with Crippen LogP contribution < -0.4 is 5.56 Å². The van der Waals surface area contributed by atoms with Crippen LogP contribution in [-0.2, 0) is 13.0 Å². The molecule has 0 unspecified atom stereocenters. The monoisotopic (exact) mass is 321 g/mol. The lowest BCUT2D eigenvalue weighted by molar-refractivity contribution is 0.453. The highest BCUT2D eigenvalue weighted by Gasteiger charge is 2.09. The Balaban J connectivity index is 1.81. The summed E-state index contributed by atoms with van der Waals surface area (Å²) in [6.45, 7) is 2.21. The molecule has 0 saturated heterocycles. The number of allylic oxidation sites excluding steroid dienone is 1. The van der Waals surface area contributed by atoms with Gasteiger partial charge in [0.1, 0.15) is 17.3 Å². The number of nitrogens with zero attached hydrogens (tertiary/aromatic N) is 1. The Morgan fingerprint density at radius 1 is 1.12 bits per heavy atom. The summed E-state index contributed by atoms with van der Waals surface area (Å²) in [6, 6.07) is 15.1. The molecule has 0 atom stereocenters. The molecule has 2 aromatic heterocycles. The fourth-order valence-electron chi connectivity index (χ4n) is 2.54. The number of benzene rings is 1. The summed E-state index contributed by atoms with van der Waals surface area (Å²) in [7, 11) is 0. The van der Waals surface area contributed by atoms with Crippen LogP contribution in [0.25, 0.3) is 6.08 Å². The molecule has 122 valence electrons. The van der Waals surface area contributed by atoms with Crippen LogP contribution in [0, 0.1) is 6.92 Å². The SMILES string of the molecule is Cc1ccc(Cn2ccc(O)c(C/C=C/c3ccccc3)c2=O)o1. The van der Waals surface area contributed by atoms with Crippen LogP contribution in [0.1, 0.15) is 22.6 Å². The lowest BCUT2D eigenvalue weighted by atomic mass is 10.1. The largest absolute Gasteiger partial charge is 0.507 e. The Hall–Kier alpha value is -3.01. The molecule has 1 aromatic carbocycles. The molecule has 0 radical (unpaired) electrons. The predicted octanol–water partition coefficient (Wildman–Crippen LogP) is 3.76. The average molecular weight is 321 g/mol. The van der Waals surface area contributed by atoms with E-state index in [0.29, 0.717) is 24.3 Å². The first kappa shape index (κ1) is 15.9. The van der Waals surface area contributed by atoms with Gasteiger partial charge < -0.3 is 14.1 Å². The van der Waals surface area contributed by atoms with Gasteiger partial charge in [-0.25, -0.2) is 0 Å². The zero-order valence-electron chi connectivity index (χ0n) is 13.5. The van der Waals surface area contributed by atoms with Crippen molar-refractivity contribution < 1.29 is 9.52 Å². The van der Waals surface area contributed by atoms with Gasteiger partial charge >= 0.3 is 0 Å². The molecule has 0 fully saturated rings. The molecule has 4 nitrogen and oxygen atoms in total. The highest BCUT2D eigenvalue weighted by Crippen LogP contribution is 2.15. The van der Waals surface area contributed by atoms with Gasteiger partial charge in [-0.05, 0) is 37.1 Å². The third-order valence-corrected chi connectivity index (χ3v) is 3.79. The van der Waals surface area contributed by atoms with Crippen LogP contribution in [0.15, 0.2) is 70.0 Å². The second-order valence-corrected chi connectivity index (χ2v) is 5.64. The molecule has 0 saturated carbocycles. The number of hydrogen-bond acceptors (Lipinski definition) is 3. The van der Waals surface area contributed by atoms with Crippen LogP contribution in [0.5, 0.6) is 5.75 Å². The smallest absolute Gasteiger partial charge is 0.258 e. The maximum atomic E-state index is 12.6. The maximum Gasteiger partial charge on any atom is 0.258 e. The predicted molar refractivity (Wildman–Crippen MR) is 94.1 cm³/mol. The third kappa shape index (κ3) is 3.66. The van der Waals surface area contributed by atoms with Gasteiger partial charge in [0.2, 0.25) is 0 Å². The van der Waals surface area contributed by atoms with Crippen molar-refractivity contribution in [2.24, 2.45) is 0 Å². The van der Waals surface area contributed by atoms with Gasteiger partial charge in [0.15, 0.2) is 0 Å². The van der Waals surface area contributed by atoms with Crippen LogP contribution in [-0.4, -0.2) is 9.67 Å². The van der Waals surface area contributed by atoms with Crippen molar-refractivity contribution >= 4 is 6.08 Å². The molecule has 0 amide bonds. The number of furan rings is 1. The van der Waals surface area contributed by atoms with Gasteiger partial charge in [-0.1, -0.05) is 42.5 Å². The van der Waals surface area contributed by atoms with E-state index in [9.17, 15) is 9.90 Å². The molecule has 1 N–H and O–H groups in total. The Kier molecular flexibility index (Phi) is 4.66. The van der Waals surface area contributed by atoms with Gasteiger partial charge in [-0.3, -0.25) is 4.79 Å². The van der Waals surface area contributed by atoms with Gasteiger partial charge in [-0.2, -0.15) is 0 Å². The molecule has 3 rings (SSSR count). The van der Waals surface area contributed by atoms with E-state index in [0.717, 1.165) is 11.3 Å². The molecule has 0 spiro atoms. The average Bonchev–Trinajstić information content (AvgIpc) is 2.99. The molecule has 2 heterocycles. The number of aromatic nitrogens is 1. The second kappa shape index (κ2) is 7.04. The second-order valence-electron chi connectivity index (χ2n) is 5.64. The quantitative estimate of drug-likeness (QED) is 0.778. The molecule has 0 aliphatic rings. The van der Waals surface area contributed by atoms with E-state index in [-0.39, 0.29) is 11.3 Å².